The van der Waals surface area contributed by atoms with Gasteiger partial charge in [-0.1, -0.05) is 20.8 Å². The quantitative estimate of drug-likeness (QED) is 0.847. The average molecular weight is 219 g/mol. The molecule has 0 radical (unpaired) electrons. The van der Waals surface area contributed by atoms with Crippen LogP contribution in [0.5, 0.6) is 5.88 Å². The molecular formula is C12H17N3O. The maximum atomic E-state index is 8.75. The van der Waals surface area contributed by atoms with Gasteiger partial charge in [0.2, 0.25) is 5.88 Å². The molecule has 0 saturated carbocycles. The van der Waals surface area contributed by atoms with Gasteiger partial charge in [-0.2, -0.15) is 5.26 Å². The molecule has 0 bridgehead atoms. The summed E-state index contributed by atoms with van der Waals surface area (Å²) in [5.74, 6) is 0.454. The molecular weight excluding hydrogens is 202 g/mol. The Kier molecular flexibility index (Phi) is 3.73. The monoisotopic (exact) mass is 219 g/mol. The van der Waals surface area contributed by atoms with Gasteiger partial charge >= 0.3 is 0 Å². The summed E-state index contributed by atoms with van der Waals surface area (Å²) >= 11 is 0. The van der Waals surface area contributed by atoms with Gasteiger partial charge in [-0.3, -0.25) is 0 Å². The molecule has 0 unspecified atom stereocenters. The van der Waals surface area contributed by atoms with E-state index in [4.69, 9.17) is 15.7 Å². The molecule has 1 heterocycles. The third-order valence-electron chi connectivity index (χ3n) is 2.11. The van der Waals surface area contributed by atoms with Crippen molar-refractivity contribution in [2.75, 3.05) is 12.3 Å². The van der Waals surface area contributed by atoms with Crippen LogP contribution in [-0.2, 0) is 0 Å². The van der Waals surface area contributed by atoms with Crippen LogP contribution in [-0.4, -0.2) is 11.6 Å². The van der Waals surface area contributed by atoms with E-state index in [0.29, 0.717) is 18.2 Å². The second kappa shape index (κ2) is 4.84. The van der Waals surface area contributed by atoms with Crippen LogP contribution in [0.4, 0.5) is 5.69 Å². The van der Waals surface area contributed by atoms with E-state index in [9.17, 15) is 0 Å². The first-order valence-electron chi connectivity index (χ1n) is 5.22. The highest BCUT2D eigenvalue weighted by Crippen LogP contribution is 2.19. The van der Waals surface area contributed by atoms with Gasteiger partial charge in [0.15, 0.2) is 5.69 Å². The van der Waals surface area contributed by atoms with Crippen LogP contribution in [0, 0.1) is 16.7 Å². The van der Waals surface area contributed by atoms with E-state index in [2.05, 4.69) is 25.8 Å². The Labute approximate surface area is 96.1 Å². The first-order chi connectivity index (χ1) is 7.42. The SMILES string of the molecule is CC(C)(C)CCOc1ccc(N)c(C#N)n1. The molecule has 0 aromatic carbocycles. The van der Waals surface area contributed by atoms with Gasteiger partial charge in [-0.15, -0.1) is 0 Å². The van der Waals surface area contributed by atoms with E-state index >= 15 is 0 Å². The Morgan fingerprint density at radius 3 is 2.69 bits per heavy atom. The molecule has 0 aliphatic heterocycles. The standard InChI is InChI=1S/C12H17N3O/c1-12(2,3)6-7-16-11-5-4-9(14)10(8-13)15-11/h4-5H,6-7,14H2,1-3H3. The molecule has 1 rings (SSSR count). The smallest absolute Gasteiger partial charge is 0.214 e. The number of anilines is 1. The lowest BCUT2D eigenvalue weighted by molar-refractivity contribution is 0.236. The van der Waals surface area contributed by atoms with Gasteiger partial charge in [0.05, 0.1) is 12.3 Å². The molecule has 0 atom stereocenters. The number of nitrogens with zero attached hydrogens (tertiary/aromatic N) is 2. The average Bonchev–Trinajstić information content (AvgIpc) is 2.18. The lowest BCUT2D eigenvalue weighted by Gasteiger charge is -2.17. The van der Waals surface area contributed by atoms with Crippen LogP contribution in [0.15, 0.2) is 12.1 Å². The van der Waals surface area contributed by atoms with Crippen molar-refractivity contribution in [3.05, 3.63) is 17.8 Å². The third-order valence-corrected chi connectivity index (χ3v) is 2.11. The maximum absolute atomic E-state index is 8.75. The first kappa shape index (κ1) is 12.3. The number of ether oxygens (including phenoxy) is 1. The Morgan fingerprint density at radius 2 is 2.12 bits per heavy atom. The number of pyridine rings is 1. The molecule has 16 heavy (non-hydrogen) atoms. The van der Waals surface area contributed by atoms with Crippen molar-refractivity contribution in [3.8, 4) is 11.9 Å². The largest absolute Gasteiger partial charge is 0.478 e. The fourth-order valence-electron chi connectivity index (χ4n) is 1.08. The summed E-state index contributed by atoms with van der Waals surface area (Å²) in [5.41, 5.74) is 6.38. The second-order valence-corrected chi connectivity index (χ2v) is 4.86. The normalized spacial score (nSPS) is 10.9. The van der Waals surface area contributed by atoms with E-state index in [1.807, 2.05) is 6.07 Å². The summed E-state index contributed by atoms with van der Waals surface area (Å²) in [5, 5.41) is 8.75. The highest BCUT2D eigenvalue weighted by molar-refractivity contribution is 5.50. The summed E-state index contributed by atoms with van der Waals surface area (Å²) in [6.07, 6.45) is 0.931. The molecule has 4 nitrogen and oxygen atoms in total. The van der Waals surface area contributed by atoms with Gasteiger partial charge in [0, 0.05) is 6.07 Å². The number of hydrogen-bond donors (Lipinski definition) is 1. The minimum Gasteiger partial charge on any atom is -0.478 e. The fraction of sp³-hybridized carbons (Fsp3) is 0.500. The van der Waals surface area contributed by atoms with Gasteiger partial charge in [0.25, 0.3) is 0 Å². The van der Waals surface area contributed by atoms with Crippen molar-refractivity contribution in [1.29, 1.82) is 5.26 Å². The summed E-state index contributed by atoms with van der Waals surface area (Å²) in [6, 6.07) is 5.24. The van der Waals surface area contributed by atoms with Gasteiger partial charge in [0.1, 0.15) is 6.07 Å². The maximum Gasteiger partial charge on any atom is 0.214 e. The van der Waals surface area contributed by atoms with Gasteiger partial charge in [-0.25, -0.2) is 4.98 Å². The zero-order chi connectivity index (χ0) is 12.2. The minimum absolute atomic E-state index is 0.216. The van der Waals surface area contributed by atoms with Crippen molar-refractivity contribution >= 4 is 5.69 Å². The number of aromatic nitrogens is 1. The van der Waals surface area contributed by atoms with Crippen LogP contribution in [0.1, 0.15) is 32.9 Å². The van der Waals surface area contributed by atoms with Crippen LogP contribution < -0.4 is 10.5 Å². The summed E-state index contributed by atoms with van der Waals surface area (Å²) in [4.78, 5) is 4.00. The molecule has 0 aliphatic rings. The number of hydrogen-bond acceptors (Lipinski definition) is 4. The third kappa shape index (κ3) is 3.77. The number of nitriles is 1. The van der Waals surface area contributed by atoms with Crippen molar-refractivity contribution in [1.82, 2.24) is 4.98 Å². The Bertz CT molecular complexity index is 402. The van der Waals surface area contributed by atoms with Crippen LogP contribution in [0.25, 0.3) is 0 Å². The second-order valence-electron chi connectivity index (χ2n) is 4.86. The molecule has 1 aromatic rings. The molecule has 0 spiro atoms. The molecule has 2 N–H and O–H groups in total. The molecule has 0 aliphatic carbocycles. The minimum atomic E-state index is 0.216. The molecule has 86 valence electrons. The van der Waals surface area contributed by atoms with Crippen molar-refractivity contribution in [2.45, 2.75) is 27.2 Å². The molecule has 0 amide bonds. The molecule has 4 heteroatoms. The predicted molar refractivity (Wildman–Crippen MR) is 62.9 cm³/mol. The lowest BCUT2D eigenvalue weighted by atomic mass is 9.93. The van der Waals surface area contributed by atoms with E-state index in [0.717, 1.165) is 6.42 Å². The van der Waals surface area contributed by atoms with Crippen molar-refractivity contribution in [2.24, 2.45) is 5.41 Å². The van der Waals surface area contributed by atoms with Crippen molar-refractivity contribution in [3.63, 3.8) is 0 Å². The zero-order valence-electron chi connectivity index (χ0n) is 9.95. The zero-order valence-corrected chi connectivity index (χ0v) is 9.95. The van der Waals surface area contributed by atoms with Gasteiger partial charge in [-0.05, 0) is 17.9 Å². The van der Waals surface area contributed by atoms with Gasteiger partial charge < -0.3 is 10.5 Å². The fourth-order valence-corrected chi connectivity index (χ4v) is 1.08. The van der Waals surface area contributed by atoms with E-state index in [1.165, 1.54) is 0 Å². The number of nitrogens with two attached hydrogens (primary N) is 1. The van der Waals surface area contributed by atoms with Crippen LogP contribution in [0.2, 0.25) is 0 Å². The lowest BCUT2D eigenvalue weighted by Crippen LogP contribution is -2.11. The van der Waals surface area contributed by atoms with Crippen LogP contribution >= 0.6 is 0 Å². The molecule has 0 saturated heterocycles. The summed E-state index contributed by atoms with van der Waals surface area (Å²) < 4.78 is 5.46. The highest BCUT2D eigenvalue weighted by Gasteiger charge is 2.10. The highest BCUT2D eigenvalue weighted by atomic mass is 16.5. The topological polar surface area (TPSA) is 71.9 Å². The Balaban J connectivity index is 2.59. The van der Waals surface area contributed by atoms with Crippen molar-refractivity contribution < 1.29 is 4.74 Å². The Morgan fingerprint density at radius 1 is 1.44 bits per heavy atom. The van der Waals surface area contributed by atoms with Crippen LogP contribution in [0.3, 0.4) is 0 Å². The van der Waals surface area contributed by atoms with E-state index in [1.54, 1.807) is 12.1 Å². The number of rotatable bonds is 3. The molecule has 1 aromatic heterocycles. The summed E-state index contributed by atoms with van der Waals surface area (Å²) in [7, 11) is 0. The Hall–Kier alpha value is -1.76. The van der Waals surface area contributed by atoms with E-state index < -0.39 is 0 Å². The van der Waals surface area contributed by atoms with E-state index in [-0.39, 0.29) is 11.1 Å². The summed E-state index contributed by atoms with van der Waals surface area (Å²) in [6.45, 7) is 7.03. The predicted octanol–water partition coefficient (Wildman–Crippen LogP) is 2.35. The molecule has 0 fully saturated rings. The first-order valence-corrected chi connectivity index (χ1v) is 5.22. The number of nitrogen functional groups attached to an aromatic ring is 1.